The van der Waals surface area contributed by atoms with Crippen molar-refractivity contribution in [3.8, 4) is 0 Å². The van der Waals surface area contributed by atoms with Crippen LogP contribution in [0.5, 0.6) is 0 Å². The minimum atomic E-state index is -1.45. The van der Waals surface area contributed by atoms with E-state index in [9.17, 15) is 9.90 Å². The predicted octanol–water partition coefficient (Wildman–Crippen LogP) is 0.199. The highest BCUT2D eigenvalue weighted by Gasteiger charge is 2.58. The molecule has 15 nitrogen and oxygen atoms in total. The maximum absolute atomic E-state index is 15.4. The molecule has 0 aromatic carbocycles. The van der Waals surface area contributed by atoms with Gasteiger partial charge in [0.2, 0.25) is 11.9 Å². The number of aliphatic hydroxyl groups excluding tert-OH is 1. The Morgan fingerprint density at radius 3 is 2.90 bits per heavy atom. The molecule has 7 rings (SSSR count). The second-order valence-corrected chi connectivity index (χ2v) is 12.0. The van der Waals surface area contributed by atoms with Crippen LogP contribution in [-0.4, -0.2) is 85.5 Å². The number of aliphatic hydroxyl groups is 1. The number of alkyl halides is 1. The monoisotopic (exact) mass is 606 g/mol. The van der Waals surface area contributed by atoms with Crippen molar-refractivity contribution in [1.29, 1.82) is 0 Å². The lowest BCUT2D eigenvalue weighted by molar-refractivity contribution is -0.107. The average molecular weight is 607 g/mol. The second kappa shape index (κ2) is 9.77. The summed E-state index contributed by atoms with van der Waals surface area (Å²) in [7, 11) is 0. The van der Waals surface area contributed by atoms with Crippen LogP contribution in [0.15, 0.2) is 23.6 Å². The first-order chi connectivity index (χ1) is 19.7. The maximum Gasteiger partial charge on any atom is 0.280 e. The number of nitrogens with two attached hydrogens (primary N) is 2. The highest BCUT2D eigenvalue weighted by molar-refractivity contribution is 7.85. The van der Waals surface area contributed by atoms with E-state index in [1.54, 1.807) is 6.20 Å². The number of ether oxygens (including phenoxy) is 3. The highest BCUT2D eigenvalue weighted by Crippen LogP contribution is 2.51. The lowest BCUT2D eigenvalue weighted by Crippen LogP contribution is -2.51. The molecule has 6 N–H and O–H groups in total. The minimum Gasteiger partial charge on any atom is -0.394 e. The normalized spacial score (nSPS) is 34.1. The predicted molar refractivity (Wildman–Crippen MR) is 148 cm³/mol. The van der Waals surface area contributed by atoms with Crippen molar-refractivity contribution in [3.63, 3.8) is 0 Å². The molecule has 4 aromatic heterocycles. The third-order valence-corrected chi connectivity index (χ3v) is 9.57. The first-order valence-electron chi connectivity index (χ1n) is 13.0. The van der Waals surface area contributed by atoms with Crippen LogP contribution in [-0.2, 0) is 14.2 Å². The van der Waals surface area contributed by atoms with E-state index in [1.807, 2.05) is 0 Å². The van der Waals surface area contributed by atoms with Gasteiger partial charge in [-0.05, 0) is 18.8 Å². The number of aromatic nitrogens is 8. The summed E-state index contributed by atoms with van der Waals surface area (Å²) in [5, 5.41) is 13.9. The molecule has 3 aliphatic rings. The van der Waals surface area contributed by atoms with E-state index < -0.39 is 46.5 Å². The number of rotatable bonds is 6. The molecule has 3 aliphatic heterocycles. The third kappa shape index (κ3) is 4.26. The molecule has 0 radical (unpaired) electrons. The summed E-state index contributed by atoms with van der Waals surface area (Å²) in [6.45, 7) is -0.204. The minimum absolute atomic E-state index is 0.0510. The number of thiol groups is 2. The van der Waals surface area contributed by atoms with Crippen molar-refractivity contribution < 1.29 is 23.7 Å². The zero-order valence-electron chi connectivity index (χ0n) is 21.3. The summed E-state index contributed by atoms with van der Waals surface area (Å²) < 4.78 is 36.8. The van der Waals surface area contributed by atoms with E-state index in [0.29, 0.717) is 18.5 Å². The van der Waals surface area contributed by atoms with Crippen molar-refractivity contribution in [3.05, 3.63) is 34.8 Å². The molecule has 9 atom stereocenters. The first kappa shape index (κ1) is 26.8. The molecular weight excluding hydrogens is 579 g/mol. The van der Waals surface area contributed by atoms with Crippen molar-refractivity contribution in [2.75, 3.05) is 18.1 Å². The molecule has 218 valence electrons. The van der Waals surface area contributed by atoms with Crippen LogP contribution >= 0.6 is 25.3 Å². The number of nitrogen functional groups attached to an aromatic ring is 2. The van der Waals surface area contributed by atoms with E-state index in [-0.39, 0.29) is 48.1 Å². The lowest BCUT2D eigenvalue weighted by atomic mass is 9.88. The van der Waals surface area contributed by atoms with Gasteiger partial charge in [-0.3, -0.25) is 14.3 Å². The largest absolute Gasteiger partial charge is 0.394 e. The number of nitrogens with zero attached hydrogens (tertiary/aromatic N) is 7. The van der Waals surface area contributed by atoms with E-state index in [4.69, 9.17) is 50.9 Å². The lowest BCUT2D eigenvalue weighted by Gasteiger charge is -2.42. The molecule has 2 bridgehead atoms. The number of H-pyrrole nitrogens is 1. The van der Waals surface area contributed by atoms with Crippen molar-refractivity contribution >= 4 is 54.0 Å². The van der Waals surface area contributed by atoms with E-state index in [1.165, 1.54) is 21.7 Å². The summed E-state index contributed by atoms with van der Waals surface area (Å²) >= 11 is 9.71. The first-order valence-corrected chi connectivity index (χ1v) is 13.9. The van der Waals surface area contributed by atoms with Gasteiger partial charge < -0.3 is 30.8 Å². The Morgan fingerprint density at radius 2 is 2.10 bits per heavy atom. The van der Waals surface area contributed by atoms with Gasteiger partial charge in [-0.1, -0.05) is 0 Å². The van der Waals surface area contributed by atoms with Gasteiger partial charge in [0.25, 0.3) is 5.56 Å². The Labute approximate surface area is 241 Å². The van der Waals surface area contributed by atoms with E-state index >= 15 is 4.39 Å². The fourth-order valence-corrected chi connectivity index (χ4v) is 6.96. The molecule has 2 unspecified atom stereocenters. The molecule has 18 heteroatoms. The summed E-state index contributed by atoms with van der Waals surface area (Å²) in [4.78, 5) is 30.0. The van der Waals surface area contributed by atoms with Gasteiger partial charge in [0.1, 0.15) is 17.4 Å². The molecule has 3 fully saturated rings. The summed E-state index contributed by atoms with van der Waals surface area (Å²) in [6, 6.07) is 0. The molecule has 0 amide bonds. The van der Waals surface area contributed by atoms with Gasteiger partial charge in [-0.25, -0.2) is 19.3 Å². The summed E-state index contributed by atoms with van der Waals surface area (Å²) in [5.41, 5.74) is 12.6. The van der Waals surface area contributed by atoms with Crippen LogP contribution in [0.2, 0.25) is 0 Å². The van der Waals surface area contributed by atoms with Crippen LogP contribution in [0.4, 0.5) is 16.3 Å². The second-order valence-electron chi connectivity index (χ2n) is 10.6. The Hall–Kier alpha value is -3.03. The van der Waals surface area contributed by atoms with Gasteiger partial charge in [0.15, 0.2) is 29.2 Å². The zero-order valence-corrected chi connectivity index (χ0v) is 23.1. The number of imidazole rings is 1. The Morgan fingerprint density at radius 1 is 1.27 bits per heavy atom. The summed E-state index contributed by atoms with van der Waals surface area (Å²) in [6.07, 6.45) is 0.304. The number of anilines is 2. The Balaban J connectivity index is 1.10. The van der Waals surface area contributed by atoms with Crippen molar-refractivity contribution in [1.82, 2.24) is 39.1 Å². The highest BCUT2D eigenvalue weighted by atomic mass is 32.1. The van der Waals surface area contributed by atoms with Crippen LogP contribution < -0.4 is 17.0 Å². The molecule has 41 heavy (non-hydrogen) atoms. The van der Waals surface area contributed by atoms with Gasteiger partial charge in [-0.15, -0.1) is 12.6 Å². The number of fused-ring (bicyclic) bond motifs is 4. The molecule has 7 heterocycles. The quantitative estimate of drug-likeness (QED) is 0.163. The molecule has 0 aliphatic carbocycles. The standard InChI is InChI=1S/C23H27FN10O5S2/c24-14-11-3-23(41,39-16(14)20(38-11)33-7-29-15-18(33)31-21(25)32-19(15)36)13(40)2-8-1-10(37-12(8)5-35)9-4-30-34-17(9)27-6-28-22(34)26/h4,6-8,10-14,16,20,35,40-41H,1-3,5H2,(H2,26,27,28)(H3,25,31,32,36)/t8-,10-,11-,12-,13?,14-,16-,20-,23?/m1/s1. The fraction of sp³-hybridized carbons (Fsp3) is 0.565. The number of hydrogen-bond donors (Lipinski definition) is 6. The summed E-state index contributed by atoms with van der Waals surface area (Å²) in [5.74, 6) is -0.0202. The van der Waals surface area contributed by atoms with Crippen molar-refractivity contribution in [2.45, 2.75) is 66.3 Å². The topological polar surface area (TPSA) is 207 Å². The van der Waals surface area contributed by atoms with E-state index in [2.05, 4.69) is 30.0 Å². The third-order valence-electron chi connectivity index (χ3n) is 8.14. The SMILES string of the molecule is Nc1nc2c(ncn2[C@@H]2O[C@@H]3CC(S)(C(S)C[C@H]4C[C@H](c5cnn6c(N)ncnc56)O[C@@H]4CO)O[C@@H]2[C@@H]3F)c(=O)[nH]1. The molecule has 3 saturated heterocycles. The zero-order chi connectivity index (χ0) is 28.6. The molecular formula is C23H27FN10O5S2. The molecule has 4 aromatic rings. The number of halogens is 1. The average Bonchev–Trinajstić information content (AvgIpc) is 3.69. The molecule has 0 saturated carbocycles. The fourth-order valence-electron chi connectivity index (χ4n) is 6.12. The van der Waals surface area contributed by atoms with Crippen LogP contribution in [0.3, 0.4) is 0 Å². The Bertz CT molecular complexity index is 1690. The van der Waals surface area contributed by atoms with Gasteiger partial charge in [0.05, 0.1) is 37.4 Å². The maximum atomic E-state index is 15.4. The van der Waals surface area contributed by atoms with Gasteiger partial charge in [-0.2, -0.15) is 27.2 Å². The smallest absolute Gasteiger partial charge is 0.280 e. The number of hydrogen-bond acceptors (Lipinski definition) is 14. The van der Waals surface area contributed by atoms with Gasteiger partial charge >= 0.3 is 0 Å². The van der Waals surface area contributed by atoms with Crippen LogP contribution in [0, 0.1) is 5.92 Å². The van der Waals surface area contributed by atoms with E-state index in [0.717, 1.165) is 5.56 Å². The number of aromatic amines is 1. The van der Waals surface area contributed by atoms with Crippen molar-refractivity contribution in [2.24, 2.45) is 5.92 Å². The van der Waals surface area contributed by atoms with Gasteiger partial charge in [0, 0.05) is 17.2 Å². The molecule has 0 spiro atoms. The van der Waals surface area contributed by atoms with Crippen LogP contribution in [0.1, 0.15) is 37.2 Å². The Kier molecular flexibility index (Phi) is 6.40. The van der Waals surface area contributed by atoms with Crippen LogP contribution in [0.25, 0.3) is 16.8 Å². The number of nitrogens with one attached hydrogen (secondary N) is 1.